The number of aromatic nitrogens is 2. The lowest BCUT2D eigenvalue weighted by Gasteiger charge is -2.06. The van der Waals surface area contributed by atoms with Crippen molar-refractivity contribution in [2.45, 2.75) is 6.92 Å². The molecular formula is C11H12N2O3. The number of carbonyl (C=O) groups is 1. The van der Waals surface area contributed by atoms with Crippen LogP contribution in [-0.4, -0.2) is 29.7 Å². The summed E-state index contributed by atoms with van der Waals surface area (Å²) in [7, 11) is 1.49. The van der Waals surface area contributed by atoms with Crippen molar-refractivity contribution in [1.82, 2.24) is 9.97 Å². The van der Waals surface area contributed by atoms with E-state index >= 15 is 0 Å². The van der Waals surface area contributed by atoms with Gasteiger partial charge in [-0.15, -0.1) is 0 Å². The van der Waals surface area contributed by atoms with E-state index < -0.39 is 5.97 Å². The minimum Gasteiger partial charge on any atom is -0.494 e. The molecule has 0 saturated heterocycles. The van der Waals surface area contributed by atoms with E-state index in [-0.39, 0.29) is 5.69 Å². The van der Waals surface area contributed by atoms with Crippen molar-refractivity contribution in [2.24, 2.45) is 0 Å². The van der Waals surface area contributed by atoms with Crippen LogP contribution in [0.4, 0.5) is 0 Å². The normalized spacial score (nSPS) is 10.4. The number of hydrogen-bond acceptors (Lipinski definition) is 4. The Kier molecular flexibility index (Phi) is 2.76. The molecule has 0 amide bonds. The van der Waals surface area contributed by atoms with Gasteiger partial charge in [-0.3, -0.25) is 0 Å². The number of esters is 1. The minimum atomic E-state index is -0.470. The van der Waals surface area contributed by atoms with Gasteiger partial charge in [0, 0.05) is 12.3 Å². The van der Waals surface area contributed by atoms with E-state index in [1.54, 1.807) is 25.3 Å². The first kappa shape index (κ1) is 10.5. The molecule has 1 N–H and O–H groups in total. The van der Waals surface area contributed by atoms with Gasteiger partial charge in [-0.05, 0) is 13.0 Å². The average molecular weight is 220 g/mol. The monoisotopic (exact) mass is 220 g/mol. The van der Waals surface area contributed by atoms with Crippen LogP contribution in [0.2, 0.25) is 0 Å². The number of rotatable bonds is 3. The second-order valence-corrected chi connectivity index (χ2v) is 3.17. The van der Waals surface area contributed by atoms with Crippen LogP contribution in [0.3, 0.4) is 0 Å². The molecule has 0 bridgehead atoms. The molecule has 0 spiro atoms. The molecule has 0 aliphatic heterocycles. The smallest absolute Gasteiger partial charge is 0.360 e. The van der Waals surface area contributed by atoms with Crippen LogP contribution in [0.5, 0.6) is 5.75 Å². The summed E-state index contributed by atoms with van der Waals surface area (Å²) in [5.41, 5.74) is 1.74. The Labute approximate surface area is 92.4 Å². The molecule has 0 aromatic carbocycles. The fourth-order valence-electron chi connectivity index (χ4n) is 1.46. The standard InChI is InChI=1S/C11H12N2O3/c1-3-16-11(14)10-9(15-2)6-8-7(13-10)4-5-12-8/h4-6,12H,3H2,1-2H3. The molecular weight excluding hydrogens is 208 g/mol. The zero-order valence-electron chi connectivity index (χ0n) is 9.11. The molecule has 5 nitrogen and oxygen atoms in total. The van der Waals surface area contributed by atoms with Crippen molar-refractivity contribution < 1.29 is 14.3 Å². The highest BCUT2D eigenvalue weighted by Gasteiger charge is 2.16. The topological polar surface area (TPSA) is 64.2 Å². The van der Waals surface area contributed by atoms with Crippen LogP contribution in [0.15, 0.2) is 18.3 Å². The molecule has 5 heteroatoms. The van der Waals surface area contributed by atoms with Gasteiger partial charge in [-0.1, -0.05) is 0 Å². The maximum atomic E-state index is 11.6. The molecule has 16 heavy (non-hydrogen) atoms. The molecule has 2 heterocycles. The predicted octanol–water partition coefficient (Wildman–Crippen LogP) is 1.75. The van der Waals surface area contributed by atoms with Crippen molar-refractivity contribution in [3.8, 4) is 5.75 Å². The first-order chi connectivity index (χ1) is 7.76. The summed E-state index contributed by atoms with van der Waals surface area (Å²) in [5.74, 6) is -0.0594. The summed E-state index contributed by atoms with van der Waals surface area (Å²) in [6.07, 6.45) is 1.76. The highest BCUT2D eigenvalue weighted by molar-refractivity contribution is 5.93. The fraction of sp³-hybridized carbons (Fsp3) is 0.273. The number of carbonyl (C=O) groups excluding carboxylic acids is 1. The van der Waals surface area contributed by atoms with Crippen molar-refractivity contribution >= 4 is 17.0 Å². The number of nitrogens with zero attached hydrogens (tertiary/aromatic N) is 1. The Morgan fingerprint density at radius 1 is 1.56 bits per heavy atom. The number of fused-ring (bicyclic) bond motifs is 1. The summed E-state index contributed by atoms with van der Waals surface area (Å²) < 4.78 is 10.0. The van der Waals surface area contributed by atoms with Crippen molar-refractivity contribution in [1.29, 1.82) is 0 Å². The van der Waals surface area contributed by atoms with E-state index in [0.29, 0.717) is 17.9 Å². The SMILES string of the molecule is CCOC(=O)c1nc2cc[nH]c2cc1OC. The van der Waals surface area contributed by atoms with Gasteiger partial charge in [0.25, 0.3) is 0 Å². The summed E-state index contributed by atoms with van der Waals surface area (Å²) in [4.78, 5) is 18.8. The summed E-state index contributed by atoms with van der Waals surface area (Å²) in [5, 5.41) is 0. The first-order valence-corrected chi connectivity index (χ1v) is 4.95. The average Bonchev–Trinajstić information content (AvgIpc) is 2.74. The number of hydrogen-bond donors (Lipinski definition) is 1. The lowest BCUT2D eigenvalue weighted by atomic mass is 10.3. The number of aromatic amines is 1. The van der Waals surface area contributed by atoms with Gasteiger partial charge in [-0.25, -0.2) is 9.78 Å². The molecule has 2 rings (SSSR count). The number of nitrogens with one attached hydrogen (secondary N) is 1. The third-order valence-corrected chi connectivity index (χ3v) is 2.19. The van der Waals surface area contributed by atoms with Crippen LogP contribution in [-0.2, 0) is 4.74 Å². The van der Waals surface area contributed by atoms with E-state index in [9.17, 15) is 4.79 Å². The van der Waals surface area contributed by atoms with Gasteiger partial charge in [-0.2, -0.15) is 0 Å². The molecule has 2 aromatic heterocycles. The first-order valence-electron chi connectivity index (χ1n) is 4.95. The van der Waals surface area contributed by atoms with E-state index in [4.69, 9.17) is 9.47 Å². The lowest BCUT2D eigenvalue weighted by molar-refractivity contribution is 0.0516. The Morgan fingerprint density at radius 3 is 3.06 bits per heavy atom. The largest absolute Gasteiger partial charge is 0.494 e. The van der Waals surface area contributed by atoms with E-state index in [1.807, 2.05) is 0 Å². The fourth-order valence-corrected chi connectivity index (χ4v) is 1.46. The van der Waals surface area contributed by atoms with Crippen LogP contribution in [0.25, 0.3) is 11.0 Å². The number of methoxy groups -OCH3 is 1. The molecule has 0 radical (unpaired) electrons. The molecule has 0 atom stereocenters. The number of H-pyrrole nitrogens is 1. The zero-order chi connectivity index (χ0) is 11.5. The maximum Gasteiger partial charge on any atom is 0.360 e. The molecule has 0 aliphatic rings. The van der Waals surface area contributed by atoms with Crippen LogP contribution < -0.4 is 4.74 Å². The molecule has 84 valence electrons. The second kappa shape index (κ2) is 4.22. The Balaban J connectivity index is 2.52. The van der Waals surface area contributed by atoms with Gasteiger partial charge >= 0.3 is 5.97 Å². The third kappa shape index (κ3) is 1.71. The zero-order valence-corrected chi connectivity index (χ0v) is 9.11. The Hall–Kier alpha value is -2.04. The Bertz CT molecular complexity index is 519. The number of ether oxygens (including phenoxy) is 2. The quantitative estimate of drug-likeness (QED) is 0.800. The lowest BCUT2D eigenvalue weighted by Crippen LogP contribution is -2.09. The maximum absolute atomic E-state index is 11.6. The molecule has 0 aliphatic carbocycles. The summed E-state index contributed by atoms with van der Waals surface area (Å²) >= 11 is 0. The third-order valence-electron chi connectivity index (χ3n) is 2.19. The van der Waals surface area contributed by atoms with Crippen LogP contribution in [0.1, 0.15) is 17.4 Å². The Morgan fingerprint density at radius 2 is 2.38 bits per heavy atom. The van der Waals surface area contributed by atoms with Crippen LogP contribution in [0, 0.1) is 0 Å². The molecule has 0 saturated carbocycles. The number of pyridine rings is 1. The summed E-state index contributed by atoms with van der Waals surface area (Å²) in [6, 6.07) is 3.52. The van der Waals surface area contributed by atoms with Crippen molar-refractivity contribution in [3.05, 3.63) is 24.0 Å². The van der Waals surface area contributed by atoms with E-state index in [0.717, 1.165) is 5.52 Å². The van der Waals surface area contributed by atoms with Crippen molar-refractivity contribution in [3.63, 3.8) is 0 Å². The van der Waals surface area contributed by atoms with E-state index in [1.165, 1.54) is 7.11 Å². The molecule has 2 aromatic rings. The van der Waals surface area contributed by atoms with Gasteiger partial charge in [0.05, 0.1) is 24.8 Å². The van der Waals surface area contributed by atoms with Gasteiger partial charge in [0.1, 0.15) is 0 Å². The highest BCUT2D eigenvalue weighted by Crippen LogP contribution is 2.22. The summed E-state index contributed by atoms with van der Waals surface area (Å²) in [6.45, 7) is 2.06. The molecule has 0 fully saturated rings. The van der Waals surface area contributed by atoms with E-state index in [2.05, 4.69) is 9.97 Å². The highest BCUT2D eigenvalue weighted by atomic mass is 16.5. The van der Waals surface area contributed by atoms with Gasteiger partial charge < -0.3 is 14.5 Å². The van der Waals surface area contributed by atoms with Crippen LogP contribution >= 0.6 is 0 Å². The predicted molar refractivity (Wildman–Crippen MR) is 58.6 cm³/mol. The minimum absolute atomic E-state index is 0.205. The second-order valence-electron chi connectivity index (χ2n) is 3.17. The molecule has 0 unspecified atom stereocenters. The van der Waals surface area contributed by atoms with Gasteiger partial charge in [0.2, 0.25) is 0 Å². The van der Waals surface area contributed by atoms with Crippen molar-refractivity contribution in [2.75, 3.05) is 13.7 Å². The van der Waals surface area contributed by atoms with Gasteiger partial charge in [0.15, 0.2) is 11.4 Å².